The minimum absolute atomic E-state index is 0.0329. The number of halogens is 3. The summed E-state index contributed by atoms with van der Waals surface area (Å²) in [5.41, 5.74) is -0.413. The van der Waals surface area contributed by atoms with Gasteiger partial charge in [0.15, 0.2) is 0 Å². The van der Waals surface area contributed by atoms with Crippen LogP contribution >= 0.6 is 0 Å². The number of methoxy groups -OCH3 is 3. The van der Waals surface area contributed by atoms with Gasteiger partial charge in [-0.25, -0.2) is 0 Å². The monoisotopic (exact) mass is 338 g/mol. The first-order valence-electron chi connectivity index (χ1n) is 7.03. The molecule has 3 nitrogen and oxygen atoms in total. The quantitative estimate of drug-likeness (QED) is 0.732. The second-order valence-electron chi connectivity index (χ2n) is 4.93. The van der Waals surface area contributed by atoms with Crippen LogP contribution in [0.4, 0.5) is 13.2 Å². The molecule has 0 radical (unpaired) electrons. The van der Waals surface area contributed by atoms with E-state index < -0.39 is 11.7 Å². The molecular weight excluding hydrogens is 321 g/mol. The molecule has 0 aliphatic carbocycles. The molecule has 0 aromatic heterocycles. The predicted octanol–water partition coefficient (Wildman–Crippen LogP) is 4.82. The van der Waals surface area contributed by atoms with E-state index in [1.54, 1.807) is 24.3 Å². The zero-order valence-electron chi connectivity index (χ0n) is 13.5. The van der Waals surface area contributed by atoms with E-state index >= 15 is 0 Å². The molecule has 0 amide bonds. The highest BCUT2D eigenvalue weighted by Crippen LogP contribution is 2.38. The summed E-state index contributed by atoms with van der Waals surface area (Å²) < 4.78 is 55.7. The third-order valence-electron chi connectivity index (χ3n) is 3.39. The fraction of sp³-hybridized carbons (Fsp3) is 0.222. The lowest BCUT2D eigenvalue weighted by molar-refractivity contribution is -0.0683. The molecule has 0 spiro atoms. The number of ether oxygens (including phenoxy) is 3. The van der Waals surface area contributed by atoms with Crippen LogP contribution in [0.1, 0.15) is 11.1 Å². The molecular formula is C18H17F3O3. The van der Waals surface area contributed by atoms with Crippen LogP contribution in [-0.4, -0.2) is 27.5 Å². The zero-order chi connectivity index (χ0) is 17.7. The van der Waals surface area contributed by atoms with Crippen molar-refractivity contribution in [3.63, 3.8) is 0 Å². The van der Waals surface area contributed by atoms with E-state index in [1.807, 2.05) is 0 Å². The first-order valence-corrected chi connectivity index (χ1v) is 7.03. The van der Waals surface area contributed by atoms with Crippen LogP contribution in [0.15, 0.2) is 42.5 Å². The summed E-state index contributed by atoms with van der Waals surface area (Å²) in [7, 11) is 4.27. The lowest BCUT2D eigenvalue weighted by Gasteiger charge is -2.15. The van der Waals surface area contributed by atoms with Crippen molar-refractivity contribution in [2.75, 3.05) is 21.3 Å². The van der Waals surface area contributed by atoms with Gasteiger partial charge in [-0.3, -0.25) is 0 Å². The molecule has 6 heteroatoms. The third-order valence-corrected chi connectivity index (χ3v) is 3.39. The molecule has 0 bridgehead atoms. The van der Waals surface area contributed by atoms with Crippen LogP contribution in [0.5, 0.6) is 17.2 Å². The molecule has 0 saturated carbocycles. The average molecular weight is 338 g/mol. The van der Waals surface area contributed by atoms with Gasteiger partial charge in [-0.2, -0.15) is 13.2 Å². The van der Waals surface area contributed by atoms with Crippen molar-refractivity contribution in [3.05, 3.63) is 53.6 Å². The van der Waals surface area contributed by atoms with Gasteiger partial charge in [-0.1, -0.05) is 12.1 Å². The summed E-state index contributed by atoms with van der Waals surface area (Å²) in [6, 6.07) is 10.5. The molecule has 2 aromatic carbocycles. The average Bonchev–Trinajstić information content (AvgIpc) is 2.58. The molecule has 0 heterocycles. The van der Waals surface area contributed by atoms with Gasteiger partial charge in [-0.05, 0) is 41.5 Å². The zero-order valence-corrected chi connectivity index (χ0v) is 13.5. The molecule has 0 saturated heterocycles. The number of alkyl halides is 3. The lowest BCUT2D eigenvalue weighted by atomic mass is 10.0. The first kappa shape index (κ1) is 17.7. The number of hydrogen-bond acceptors (Lipinski definition) is 3. The van der Waals surface area contributed by atoms with E-state index in [-0.39, 0.29) is 17.1 Å². The molecule has 0 aliphatic heterocycles. The Hall–Kier alpha value is -2.63. The van der Waals surface area contributed by atoms with Crippen molar-refractivity contribution in [1.82, 2.24) is 0 Å². The molecule has 0 unspecified atom stereocenters. The van der Waals surface area contributed by atoms with E-state index in [9.17, 15) is 13.2 Å². The van der Waals surface area contributed by atoms with Gasteiger partial charge in [0, 0.05) is 6.07 Å². The Morgan fingerprint density at radius 1 is 0.792 bits per heavy atom. The normalized spacial score (nSPS) is 12.0. The summed E-state index contributed by atoms with van der Waals surface area (Å²) in [6.45, 7) is 0. The van der Waals surface area contributed by atoms with Gasteiger partial charge < -0.3 is 14.2 Å². The molecule has 2 rings (SSSR count). The van der Waals surface area contributed by atoms with E-state index in [2.05, 4.69) is 0 Å². The number of benzene rings is 2. The number of allylic oxidation sites excluding steroid dienone is 1. The van der Waals surface area contributed by atoms with Gasteiger partial charge in [0.05, 0.1) is 26.9 Å². The summed E-state index contributed by atoms with van der Waals surface area (Å²) in [6.07, 6.45) is -3.45. The van der Waals surface area contributed by atoms with Crippen molar-refractivity contribution in [1.29, 1.82) is 0 Å². The summed E-state index contributed by atoms with van der Waals surface area (Å²) in [5.74, 6) is 1.15. The maximum atomic E-state index is 13.5. The van der Waals surface area contributed by atoms with Crippen LogP contribution in [0, 0.1) is 0 Å². The fourth-order valence-electron chi connectivity index (χ4n) is 2.16. The fourth-order valence-corrected chi connectivity index (χ4v) is 2.16. The van der Waals surface area contributed by atoms with Gasteiger partial charge in [0.25, 0.3) is 0 Å². The Bertz CT molecular complexity index is 697. The van der Waals surface area contributed by atoms with Gasteiger partial charge in [0.2, 0.25) is 0 Å². The SMILES string of the molecule is COc1ccc(/C=C(/c2cc(OC)cc(OC)c2)C(F)(F)F)cc1. The van der Waals surface area contributed by atoms with Crippen LogP contribution in [0.25, 0.3) is 11.6 Å². The Labute approximate surface area is 138 Å². The Balaban J connectivity index is 2.54. The van der Waals surface area contributed by atoms with Crippen LogP contribution < -0.4 is 14.2 Å². The minimum Gasteiger partial charge on any atom is -0.497 e. The molecule has 128 valence electrons. The first-order chi connectivity index (χ1) is 11.4. The van der Waals surface area contributed by atoms with E-state index in [1.165, 1.54) is 39.5 Å². The molecule has 0 atom stereocenters. The van der Waals surface area contributed by atoms with Crippen LogP contribution in [0.3, 0.4) is 0 Å². The Morgan fingerprint density at radius 3 is 1.71 bits per heavy atom. The van der Waals surface area contributed by atoms with Crippen molar-refractivity contribution >= 4 is 11.6 Å². The van der Waals surface area contributed by atoms with E-state index in [4.69, 9.17) is 14.2 Å². The highest BCUT2D eigenvalue weighted by molar-refractivity contribution is 5.85. The highest BCUT2D eigenvalue weighted by atomic mass is 19.4. The number of hydrogen-bond donors (Lipinski definition) is 0. The largest absolute Gasteiger partial charge is 0.497 e. The van der Waals surface area contributed by atoms with E-state index in [0.29, 0.717) is 11.3 Å². The molecule has 2 aromatic rings. The van der Waals surface area contributed by atoms with Crippen LogP contribution in [-0.2, 0) is 0 Å². The van der Waals surface area contributed by atoms with Crippen molar-refractivity contribution < 1.29 is 27.4 Å². The topological polar surface area (TPSA) is 27.7 Å². The minimum atomic E-state index is -4.53. The van der Waals surface area contributed by atoms with Gasteiger partial charge >= 0.3 is 6.18 Å². The van der Waals surface area contributed by atoms with E-state index in [0.717, 1.165) is 6.08 Å². The Morgan fingerprint density at radius 2 is 1.29 bits per heavy atom. The van der Waals surface area contributed by atoms with Crippen molar-refractivity contribution in [3.8, 4) is 17.2 Å². The maximum absolute atomic E-state index is 13.5. The summed E-state index contributed by atoms with van der Waals surface area (Å²) in [5, 5.41) is 0. The van der Waals surface area contributed by atoms with Gasteiger partial charge in [0.1, 0.15) is 17.2 Å². The van der Waals surface area contributed by atoms with Crippen molar-refractivity contribution in [2.45, 2.75) is 6.18 Å². The molecule has 24 heavy (non-hydrogen) atoms. The second kappa shape index (κ2) is 7.29. The highest BCUT2D eigenvalue weighted by Gasteiger charge is 2.35. The molecule has 0 N–H and O–H groups in total. The van der Waals surface area contributed by atoms with Crippen molar-refractivity contribution in [2.24, 2.45) is 0 Å². The third kappa shape index (κ3) is 4.22. The standard InChI is InChI=1S/C18H17F3O3/c1-22-14-6-4-12(5-7-14)8-17(18(19,20)21)13-9-15(23-2)11-16(10-13)24-3/h4-11H,1-3H3/b17-8-. The van der Waals surface area contributed by atoms with Gasteiger partial charge in [-0.15, -0.1) is 0 Å². The maximum Gasteiger partial charge on any atom is 0.417 e. The Kier molecular flexibility index (Phi) is 5.39. The molecule has 0 fully saturated rings. The summed E-state index contributed by atoms with van der Waals surface area (Å²) in [4.78, 5) is 0. The number of rotatable bonds is 5. The second-order valence-corrected chi connectivity index (χ2v) is 4.93. The smallest absolute Gasteiger partial charge is 0.417 e. The summed E-state index contributed by atoms with van der Waals surface area (Å²) >= 11 is 0. The van der Waals surface area contributed by atoms with Crippen LogP contribution in [0.2, 0.25) is 0 Å². The molecule has 0 aliphatic rings. The lowest BCUT2D eigenvalue weighted by Crippen LogP contribution is -2.11. The predicted molar refractivity (Wildman–Crippen MR) is 86.5 cm³/mol.